The van der Waals surface area contributed by atoms with Crippen LogP contribution in [0.15, 0.2) is 24.3 Å². The number of halogens is 1. The number of thioether (sulfide) groups is 1. The molecule has 1 atom stereocenters. The number of carbonyl (C=O) groups is 1. The lowest BCUT2D eigenvalue weighted by Crippen LogP contribution is -2.15. The summed E-state index contributed by atoms with van der Waals surface area (Å²) >= 11 is 7.13. The normalized spacial score (nSPS) is 12.4. The van der Waals surface area contributed by atoms with Gasteiger partial charge in [-0.1, -0.05) is 29.8 Å². The van der Waals surface area contributed by atoms with Gasteiger partial charge in [0.1, 0.15) is 5.38 Å². The maximum Gasteiger partial charge on any atom is 0.322 e. The van der Waals surface area contributed by atoms with Crippen molar-refractivity contribution in [1.82, 2.24) is 0 Å². The highest BCUT2D eigenvalue weighted by atomic mass is 35.5. The van der Waals surface area contributed by atoms with Gasteiger partial charge in [-0.25, -0.2) is 0 Å². The molecule has 1 rings (SSSR count). The third-order valence-corrected chi connectivity index (χ3v) is 3.51. The van der Waals surface area contributed by atoms with Gasteiger partial charge in [0, 0.05) is 11.5 Å². The molecule has 1 unspecified atom stereocenters. The molecule has 0 saturated carbocycles. The Balaban J connectivity index is 2.35. The molecule has 1 aromatic rings. The summed E-state index contributed by atoms with van der Waals surface area (Å²) in [5.74, 6) is 0.289. The fraction of sp³-hybridized carbons (Fsp3) is 0.364. The first-order valence-electron chi connectivity index (χ1n) is 4.60. The minimum absolute atomic E-state index is 0.435. The predicted octanol–water partition coefficient (Wildman–Crippen LogP) is 2.92. The maximum absolute atomic E-state index is 10.5. The van der Waals surface area contributed by atoms with Crippen LogP contribution in [-0.4, -0.2) is 22.2 Å². The third-order valence-electron chi connectivity index (χ3n) is 1.88. The number of hydrogen-bond donors (Lipinski definition) is 1. The van der Waals surface area contributed by atoms with Crippen molar-refractivity contribution in [1.29, 1.82) is 0 Å². The van der Waals surface area contributed by atoms with E-state index in [1.165, 1.54) is 22.9 Å². The van der Waals surface area contributed by atoms with Gasteiger partial charge in [-0.15, -0.1) is 11.6 Å². The van der Waals surface area contributed by atoms with Crippen molar-refractivity contribution in [3.05, 3.63) is 35.4 Å². The maximum atomic E-state index is 10.5. The minimum Gasteiger partial charge on any atom is -0.480 e. The molecule has 0 aliphatic heterocycles. The smallest absolute Gasteiger partial charge is 0.322 e. The fourth-order valence-corrected chi connectivity index (χ4v) is 2.30. The van der Waals surface area contributed by atoms with Crippen molar-refractivity contribution in [2.24, 2.45) is 0 Å². The van der Waals surface area contributed by atoms with Crippen molar-refractivity contribution in [3.8, 4) is 0 Å². The van der Waals surface area contributed by atoms with E-state index in [2.05, 4.69) is 6.07 Å². The molecule has 4 heteroatoms. The molecule has 0 amide bonds. The number of carboxylic acids is 1. The van der Waals surface area contributed by atoms with Crippen LogP contribution in [0.1, 0.15) is 11.1 Å². The molecule has 1 N–H and O–H groups in total. The van der Waals surface area contributed by atoms with E-state index in [-0.39, 0.29) is 0 Å². The first-order chi connectivity index (χ1) is 7.09. The van der Waals surface area contributed by atoms with E-state index in [4.69, 9.17) is 16.7 Å². The Morgan fingerprint density at radius 3 is 2.93 bits per heavy atom. The van der Waals surface area contributed by atoms with E-state index in [1.807, 2.05) is 25.1 Å². The van der Waals surface area contributed by atoms with Crippen molar-refractivity contribution in [2.45, 2.75) is 18.1 Å². The van der Waals surface area contributed by atoms with Crippen LogP contribution in [0.3, 0.4) is 0 Å². The SMILES string of the molecule is Cc1cccc(CSCC(Cl)C(=O)O)c1. The number of carboxylic acid groups (broad SMARTS) is 1. The number of aryl methyl sites for hydroxylation is 1. The number of alkyl halides is 1. The van der Waals surface area contributed by atoms with Crippen LogP contribution in [0, 0.1) is 6.92 Å². The van der Waals surface area contributed by atoms with Crippen molar-refractivity contribution >= 4 is 29.3 Å². The number of benzene rings is 1. The summed E-state index contributed by atoms with van der Waals surface area (Å²) in [7, 11) is 0. The Kier molecular flexibility index (Phi) is 4.99. The standard InChI is InChI=1S/C11H13ClO2S/c1-8-3-2-4-9(5-8)6-15-7-10(12)11(13)14/h2-5,10H,6-7H2,1H3,(H,13,14). The summed E-state index contributed by atoms with van der Waals surface area (Å²) in [5, 5.41) is 7.79. The summed E-state index contributed by atoms with van der Waals surface area (Å²) < 4.78 is 0. The van der Waals surface area contributed by atoms with Crippen LogP contribution < -0.4 is 0 Å². The summed E-state index contributed by atoms with van der Waals surface area (Å²) in [6.07, 6.45) is 0. The van der Waals surface area contributed by atoms with E-state index < -0.39 is 11.3 Å². The molecule has 2 nitrogen and oxygen atoms in total. The van der Waals surface area contributed by atoms with Crippen molar-refractivity contribution < 1.29 is 9.90 Å². The Morgan fingerprint density at radius 1 is 1.60 bits per heavy atom. The van der Waals surface area contributed by atoms with E-state index in [0.29, 0.717) is 5.75 Å². The lowest BCUT2D eigenvalue weighted by atomic mass is 10.2. The highest BCUT2D eigenvalue weighted by Gasteiger charge is 2.12. The molecular formula is C11H13ClO2S. The van der Waals surface area contributed by atoms with Gasteiger partial charge in [-0.2, -0.15) is 11.8 Å². The zero-order valence-corrected chi connectivity index (χ0v) is 10.0. The molecular weight excluding hydrogens is 232 g/mol. The number of rotatable bonds is 5. The molecule has 82 valence electrons. The molecule has 0 fully saturated rings. The minimum atomic E-state index is -0.951. The van der Waals surface area contributed by atoms with Gasteiger partial charge >= 0.3 is 5.97 Å². The largest absolute Gasteiger partial charge is 0.480 e. The Hall–Kier alpha value is -0.670. The molecule has 0 aromatic heterocycles. The molecule has 0 spiro atoms. The van der Waals surface area contributed by atoms with Gasteiger partial charge in [-0.05, 0) is 12.5 Å². The monoisotopic (exact) mass is 244 g/mol. The first kappa shape index (κ1) is 12.4. The van der Waals surface area contributed by atoms with E-state index >= 15 is 0 Å². The molecule has 0 aliphatic carbocycles. The lowest BCUT2D eigenvalue weighted by Gasteiger charge is -2.04. The second-order valence-corrected chi connectivity index (χ2v) is 4.87. The summed E-state index contributed by atoms with van der Waals surface area (Å²) in [6, 6.07) is 8.16. The Labute approximate surface area is 98.6 Å². The predicted molar refractivity (Wildman–Crippen MR) is 64.6 cm³/mol. The quantitative estimate of drug-likeness (QED) is 0.810. The second kappa shape index (κ2) is 6.03. The second-order valence-electron chi connectivity index (χ2n) is 3.31. The molecule has 0 aliphatic rings. The molecule has 0 bridgehead atoms. The molecule has 1 aromatic carbocycles. The van der Waals surface area contributed by atoms with Crippen LogP contribution in [0.4, 0.5) is 0 Å². The average Bonchev–Trinajstić information content (AvgIpc) is 2.17. The highest BCUT2D eigenvalue weighted by Crippen LogP contribution is 2.16. The van der Waals surface area contributed by atoms with Gasteiger partial charge in [-0.3, -0.25) is 4.79 Å². The Morgan fingerprint density at radius 2 is 2.33 bits per heavy atom. The van der Waals surface area contributed by atoms with Gasteiger partial charge in [0.15, 0.2) is 0 Å². The van der Waals surface area contributed by atoms with E-state index in [9.17, 15) is 4.79 Å². The van der Waals surface area contributed by atoms with E-state index in [0.717, 1.165) is 5.75 Å². The van der Waals surface area contributed by atoms with Crippen molar-refractivity contribution in [3.63, 3.8) is 0 Å². The van der Waals surface area contributed by atoms with Crippen LogP contribution in [-0.2, 0) is 10.5 Å². The molecule has 15 heavy (non-hydrogen) atoms. The van der Waals surface area contributed by atoms with Crippen molar-refractivity contribution in [2.75, 3.05) is 5.75 Å². The zero-order chi connectivity index (χ0) is 11.3. The van der Waals surface area contributed by atoms with Gasteiger partial charge in [0.2, 0.25) is 0 Å². The Bertz CT molecular complexity index is 341. The summed E-state index contributed by atoms with van der Waals surface area (Å²) in [5.41, 5.74) is 2.42. The number of aliphatic carboxylic acids is 1. The van der Waals surface area contributed by atoms with Crippen LogP contribution in [0.5, 0.6) is 0 Å². The molecule has 0 heterocycles. The van der Waals surface area contributed by atoms with Crippen LogP contribution in [0.25, 0.3) is 0 Å². The lowest BCUT2D eigenvalue weighted by molar-refractivity contribution is -0.136. The van der Waals surface area contributed by atoms with Gasteiger partial charge < -0.3 is 5.11 Å². The zero-order valence-electron chi connectivity index (χ0n) is 8.44. The van der Waals surface area contributed by atoms with E-state index in [1.54, 1.807) is 0 Å². The molecule has 0 radical (unpaired) electrons. The van der Waals surface area contributed by atoms with Gasteiger partial charge in [0.05, 0.1) is 0 Å². The summed E-state index contributed by atoms with van der Waals surface area (Å²) in [6.45, 7) is 2.04. The average molecular weight is 245 g/mol. The van der Waals surface area contributed by atoms with Crippen LogP contribution in [0.2, 0.25) is 0 Å². The molecule has 0 saturated heterocycles. The third kappa shape index (κ3) is 4.58. The fourth-order valence-electron chi connectivity index (χ4n) is 1.15. The first-order valence-corrected chi connectivity index (χ1v) is 6.19. The number of hydrogen-bond acceptors (Lipinski definition) is 2. The topological polar surface area (TPSA) is 37.3 Å². The highest BCUT2D eigenvalue weighted by molar-refractivity contribution is 7.98. The van der Waals surface area contributed by atoms with Crippen LogP contribution >= 0.6 is 23.4 Å². The summed E-state index contributed by atoms with van der Waals surface area (Å²) in [4.78, 5) is 10.5. The van der Waals surface area contributed by atoms with Gasteiger partial charge in [0.25, 0.3) is 0 Å².